The van der Waals surface area contributed by atoms with Gasteiger partial charge in [0.25, 0.3) is 0 Å². The predicted molar refractivity (Wildman–Crippen MR) is 58.3 cm³/mol. The van der Waals surface area contributed by atoms with Crippen LogP contribution in [0.1, 0.15) is 34.8 Å². The number of carboxylic acids is 1. The highest BCUT2D eigenvalue weighted by Crippen LogP contribution is 2.32. The van der Waals surface area contributed by atoms with E-state index in [-0.39, 0.29) is 11.6 Å². The van der Waals surface area contributed by atoms with Crippen LogP contribution >= 0.6 is 0 Å². The highest BCUT2D eigenvalue weighted by Gasteiger charge is 2.19. The van der Waals surface area contributed by atoms with Crippen molar-refractivity contribution >= 4 is 17.9 Å². The van der Waals surface area contributed by atoms with Crippen molar-refractivity contribution in [2.45, 2.75) is 18.9 Å². The summed E-state index contributed by atoms with van der Waals surface area (Å²) in [6.07, 6.45) is 3.70. The Hall–Kier alpha value is -1.84. The van der Waals surface area contributed by atoms with Crippen LogP contribution in [0.3, 0.4) is 0 Å². The van der Waals surface area contributed by atoms with Crippen LogP contribution < -0.4 is 5.73 Å². The van der Waals surface area contributed by atoms with Crippen LogP contribution in [0.15, 0.2) is 23.2 Å². The number of hydrogen-bond acceptors (Lipinski definition) is 3. The predicted octanol–water partition coefficient (Wildman–Crippen LogP) is 1.87. The highest BCUT2D eigenvalue weighted by molar-refractivity contribution is 5.94. The average Bonchev–Trinajstić information content (AvgIpc) is 2.70. The van der Waals surface area contributed by atoms with E-state index in [9.17, 15) is 4.79 Å². The SMILES string of the molecule is Nc1c(C(=O)O)cccc1C1CCC=N1. The fraction of sp³-hybridized carbons (Fsp3) is 0.273. The number of para-hydroxylation sites is 1. The van der Waals surface area contributed by atoms with E-state index in [0.29, 0.717) is 5.69 Å². The Morgan fingerprint density at radius 1 is 1.53 bits per heavy atom. The summed E-state index contributed by atoms with van der Waals surface area (Å²) < 4.78 is 0. The van der Waals surface area contributed by atoms with Crippen molar-refractivity contribution < 1.29 is 9.90 Å². The van der Waals surface area contributed by atoms with Crippen molar-refractivity contribution in [3.8, 4) is 0 Å². The molecule has 1 aliphatic heterocycles. The molecule has 3 N–H and O–H groups in total. The largest absolute Gasteiger partial charge is 0.478 e. The lowest BCUT2D eigenvalue weighted by Gasteiger charge is -2.12. The molecule has 1 aliphatic rings. The molecule has 1 heterocycles. The summed E-state index contributed by atoms with van der Waals surface area (Å²) in [7, 11) is 0. The van der Waals surface area contributed by atoms with Crippen molar-refractivity contribution in [2.75, 3.05) is 5.73 Å². The quantitative estimate of drug-likeness (QED) is 0.722. The zero-order valence-electron chi connectivity index (χ0n) is 8.18. The van der Waals surface area contributed by atoms with Gasteiger partial charge in [0.15, 0.2) is 0 Å². The molecule has 2 rings (SSSR count). The molecule has 1 atom stereocenters. The van der Waals surface area contributed by atoms with Gasteiger partial charge in [-0.1, -0.05) is 12.1 Å². The van der Waals surface area contributed by atoms with Crippen LogP contribution in [-0.4, -0.2) is 17.3 Å². The van der Waals surface area contributed by atoms with Gasteiger partial charge >= 0.3 is 5.97 Å². The van der Waals surface area contributed by atoms with Crippen LogP contribution in [0.5, 0.6) is 0 Å². The van der Waals surface area contributed by atoms with Crippen molar-refractivity contribution in [3.63, 3.8) is 0 Å². The van der Waals surface area contributed by atoms with Gasteiger partial charge in [0, 0.05) is 5.56 Å². The van der Waals surface area contributed by atoms with Crippen molar-refractivity contribution in [2.24, 2.45) is 4.99 Å². The number of aliphatic imine (C=N–C) groups is 1. The summed E-state index contributed by atoms with van der Waals surface area (Å²) in [4.78, 5) is 15.1. The molecular formula is C11H12N2O2. The topological polar surface area (TPSA) is 75.7 Å². The van der Waals surface area contributed by atoms with Crippen LogP contribution in [0.2, 0.25) is 0 Å². The highest BCUT2D eigenvalue weighted by atomic mass is 16.4. The minimum Gasteiger partial charge on any atom is -0.478 e. The van der Waals surface area contributed by atoms with Gasteiger partial charge in [0.1, 0.15) is 0 Å². The van der Waals surface area contributed by atoms with Gasteiger partial charge in [0.05, 0.1) is 17.3 Å². The number of nitrogen functional groups attached to an aromatic ring is 1. The second-order valence-corrected chi connectivity index (χ2v) is 3.54. The Labute approximate surface area is 87.4 Å². The zero-order chi connectivity index (χ0) is 10.8. The van der Waals surface area contributed by atoms with Gasteiger partial charge in [0.2, 0.25) is 0 Å². The number of nitrogens with two attached hydrogens (primary N) is 1. The minimum absolute atomic E-state index is 0.0318. The van der Waals surface area contributed by atoms with E-state index in [0.717, 1.165) is 18.4 Å². The zero-order valence-corrected chi connectivity index (χ0v) is 8.18. The lowest BCUT2D eigenvalue weighted by molar-refractivity contribution is 0.0698. The third kappa shape index (κ3) is 1.70. The normalized spacial score (nSPS) is 19.3. The van der Waals surface area contributed by atoms with E-state index in [1.54, 1.807) is 6.07 Å². The molecule has 0 aliphatic carbocycles. The van der Waals surface area contributed by atoms with Gasteiger partial charge in [-0.3, -0.25) is 4.99 Å². The van der Waals surface area contributed by atoms with Gasteiger partial charge in [-0.15, -0.1) is 0 Å². The van der Waals surface area contributed by atoms with E-state index in [2.05, 4.69) is 4.99 Å². The van der Waals surface area contributed by atoms with E-state index in [1.165, 1.54) is 6.07 Å². The second kappa shape index (κ2) is 3.73. The molecule has 0 fully saturated rings. The summed E-state index contributed by atoms with van der Waals surface area (Å²) in [5.74, 6) is -0.990. The lowest BCUT2D eigenvalue weighted by atomic mass is 9.99. The Morgan fingerprint density at radius 3 is 2.93 bits per heavy atom. The number of carboxylic acid groups (broad SMARTS) is 1. The molecule has 0 aromatic heterocycles. The maximum absolute atomic E-state index is 10.9. The number of rotatable bonds is 2. The van der Waals surface area contributed by atoms with E-state index in [4.69, 9.17) is 10.8 Å². The number of anilines is 1. The number of hydrogen-bond donors (Lipinski definition) is 2. The standard InChI is InChI=1S/C11H12N2O2/c12-10-7(9-5-2-6-13-9)3-1-4-8(10)11(14)15/h1,3-4,6,9H,2,5,12H2,(H,14,15). The molecule has 4 nitrogen and oxygen atoms in total. The first kappa shape index (κ1) is 9.71. The first-order chi connectivity index (χ1) is 7.20. The van der Waals surface area contributed by atoms with Crippen LogP contribution in [0, 0.1) is 0 Å². The van der Waals surface area contributed by atoms with E-state index < -0.39 is 5.97 Å². The molecule has 1 unspecified atom stereocenters. The third-order valence-electron chi connectivity index (χ3n) is 2.58. The Morgan fingerprint density at radius 2 is 2.33 bits per heavy atom. The molecule has 1 aromatic rings. The fourth-order valence-electron chi connectivity index (χ4n) is 1.80. The van der Waals surface area contributed by atoms with Gasteiger partial charge in [-0.25, -0.2) is 4.79 Å². The molecule has 0 radical (unpaired) electrons. The minimum atomic E-state index is -0.990. The molecule has 0 spiro atoms. The second-order valence-electron chi connectivity index (χ2n) is 3.54. The summed E-state index contributed by atoms with van der Waals surface area (Å²) in [6.45, 7) is 0. The van der Waals surface area contributed by atoms with Crippen LogP contribution in [-0.2, 0) is 0 Å². The Kier molecular flexibility index (Phi) is 2.41. The van der Waals surface area contributed by atoms with Gasteiger partial charge in [-0.2, -0.15) is 0 Å². The monoisotopic (exact) mass is 204 g/mol. The Bertz CT molecular complexity index is 427. The van der Waals surface area contributed by atoms with Crippen molar-refractivity contribution in [1.29, 1.82) is 0 Å². The Balaban J connectivity index is 2.43. The first-order valence-corrected chi connectivity index (χ1v) is 4.83. The van der Waals surface area contributed by atoms with E-state index in [1.807, 2.05) is 12.3 Å². The molecule has 1 aromatic carbocycles. The summed E-state index contributed by atoms with van der Waals surface area (Å²) in [5, 5.41) is 8.91. The number of nitrogens with zero attached hydrogens (tertiary/aromatic N) is 1. The molecule has 15 heavy (non-hydrogen) atoms. The summed E-state index contributed by atoms with van der Waals surface area (Å²) >= 11 is 0. The molecule has 78 valence electrons. The molecule has 0 bridgehead atoms. The van der Waals surface area contributed by atoms with Crippen LogP contribution in [0.4, 0.5) is 5.69 Å². The lowest BCUT2D eigenvalue weighted by Crippen LogP contribution is -2.06. The van der Waals surface area contributed by atoms with Crippen molar-refractivity contribution in [1.82, 2.24) is 0 Å². The third-order valence-corrected chi connectivity index (χ3v) is 2.58. The van der Waals surface area contributed by atoms with Crippen molar-refractivity contribution in [3.05, 3.63) is 29.3 Å². The molecular weight excluding hydrogens is 192 g/mol. The van der Waals surface area contributed by atoms with Gasteiger partial charge < -0.3 is 10.8 Å². The maximum Gasteiger partial charge on any atom is 0.337 e. The molecule has 0 saturated heterocycles. The average molecular weight is 204 g/mol. The molecule has 0 saturated carbocycles. The smallest absolute Gasteiger partial charge is 0.337 e. The molecule has 4 heteroatoms. The first-order valence-electron chi connectivity index (χ1n) is 4.83. The number of carbonyl (C=O) groups is 1. The maximum atomic E-state index is 10.9. The fourth-order valence-corrected chi connectivity index (χ4v) is 1.80. The van der Waals surface area contributed by atoms with E-state index >= 15 is 0 Å². The summed E-state index contributed by atoms with van der Waals surface area (Å²) in [6, 6.07) is 5.10. The van der Waals surface area contributed by atoms with Crippen LogP contribution in [0.25, 0.3) is 0 Å². The van der Waals surface area contributed by atoms with Gasteiger partial charge in [-0.05, 0) is 25.1 Å². The summed E-state index contributed by atoms with van der Waals surface area (Å²) in [5.41, 5.74) is 7.14. The number of aromatic carboxylic acids is 1. The molecule has 0 amide bonds. The number of benzene rings is 1.